The van der Waals surface area contributed by atoms with Crippen LogP contribution in [0.5, 0.6) is 0 Å². The molecule has 0 bridgehead atoms. The largest absolute Gasteiger partial charge is 0.106 e. The third-order valence-electron chi connectivity index (χ3n) is 1.02. The molecule has 0 saturated heterocycles. The van der Waals surface area contributed by atoms with E-state index < -0.39 is 0 Å². The molecule has 0 heteroatoms. The van der Waals surface area contributed by atoms with Gasteiger partial charge in [0.25, 0.3) is 0 Å². The molecular formula is C12H8. The van der Waals surface area contributed by atoms with Gasteiger partial charge in [0.1, 0.15) is 0 Å². The first kappa shape index (κ1) is 9.98. The molecule has 0 fully saturated rings. The summed E-state index contributed by atoms with van der Waals surface area (Å²) in [5.41, 5.74) is 1.71. The van der Waals surface area contributed by atoms with Gasteiger partial charge in [-0.05, 0) is 49.4 Å². The summed E-state index contributed by atoms with van der Waals surface area (Å²) in [6.07, 6.45) is 9.94. The first-order valence-electron chi connectivity index (χ1n) is 3.33. The maximum Gasteiger partial charge on any atom is 0.0751 e. The number of allylic oxidation sites excluding steroid dienone is 2. The molecule has 0 radical (unpaired) electrons. The van der Waals surface area contributed by atoms with E-state index in [1.165, 1.54) is 0 Å². The minimum absolute atomic E-state index is 0.700. The lowest BCUT2D eigenvalue weighted by atomic mass is 10.1. The lowest BCUT2D eigenvalue weighted by Gasteiger charge is -1.88. The highest BCUT2D eigenvalue weighted by molar-refractivity contribution is 5.51. The van der Waals surface area contributed by atoms with Gasteiger partial charge in [-0.3, -0.25) is 0 Å². The van der Waals surface area contributed by atoms with Crippen LogP contribution in [0, 0.1) is 48.4 Å². The van der Waals surface area contributed by atoms with E-state index in [0.717, 1.165) is 5.57 Å². The molecule has 12 heavy (non-hydrogen) atoms. The standard InChI is InChI=1S/C12H8/c1-5-7-9-12(11(3)4)10-8-6-2/h1-2H,3-4H3. The van der Waals surface area contributed by atoms with Crippen LogP contribution < -0.4 is 0 Å². The summed E-state index contributed by atoms with van der Waals surface area (Å²) < 4.78 is 0. The van der Waals surface area contributed by atoms with Gasteiger partial charge in [-0.15, -0.1) is 12.8 Å². The van der Waals surface area contributed by atoms with Crippen LogP contribution in [-0.2, 0) is 0 Å². The molecule has 0 aromatic carbocycles. The van der Waals surface area contributed by atoms with Crippen molar-refractivity contribution in [2.24, 2.45) is 0 Å². The van der Waals surface area contributed by atoms with Gasteiger partial charge >= 0.3 is 0 Å². The molecule has 0 N–H and O–H groups in total. The van der Waals surface area contributed by atoms with Gasteiger partial charge in [-0.2, -0.15) is 0 Å². The second kappa shape index (κ2) is 5.74. The van der Waals surface area contributed by atoms with Crippen LogP contribution in [0.15, 0.2) is 11.1 Å². The molecule has 0 aromatic rings. The first-order chi connectivity index (χ1) is 5.72. The van der Waals surface area contributed by atoms with Crippen molar-refractivity contribution in [3.8, 4) is 48.4 Å². The molecule has 0 aliphatic carbocycles. The molecule has 0 atom stereocenters. The smallest absolute Gasteiger partial charge is 0.0751 e. The van der Waals surface area contributed by atoms with Crippen LogP contribution in [0.2, 0.25) is 0 Å². The molecule has 0 aliphatic rings. The minimum atomic E-state index is 0.700. The maximum absolute atomic E-state index is 4.97. The summed E-state index contributed by atoms with van der Waals surface area (Å²) in [7, 11) is 0. The highest BCUT2D eigenvalue weighted by Gasteiger charge is 1.87. The van der Waals surface area contributed by atoms with E-state index in [0.29, 0.717) is 5.57 Å². The molecule has 0 amide bonds. The van der Waals surface area contributed by atoms with Crippen LogP contribution in [0.1, 0.15) is 13.8 Å². The quantitative estimate of drug-likeness (QED) is 0.462. The topological polar surface area (TPSA) is 0 Å². The summed E-state index contributed by atoms with van der Waals surface area (Å²) in [6.45, 7) is 3.82. The first-order valence-corrected chi connectivity index (χ1v) is 3.33. The third kappa shape index (κ3) is 3.90. The Kier molecular flexibility index (Phi) is 4.77. The lowest BCUT2D eigenvalue weighted by Crippen LogP contribution is -1.77. The second-order valence-electron chi connectivity index (χ2n) is 2.16. The van der Waals surface area contributed by atoms with E-state index in [1.54, 1.807) is 0 Å². The second-order valence-corrected chi connectivity index (χ2v) is 2.16. The lowest BCUT2D eigenvalue weighted by molar-refractivity contribution is 1.37. The normalized spacial score (nSPS) is 5.67. The Morgan fingerprint density at radius 2 is 1.33 bits per heavy atom. The SMILES string of the molecule is C#CC#CC(C#CC#C)=C(C)C. The van der Waals surface area contributed by atoms with Crippen molar-refractivity contribution in [3.63, 3.8) is 0 Å². The number of rotatable bonds is 0. The van der Waals surface area contributed by atoms with Crippen molar-refractivity contribution in [3.05, 3.63) is 11.1 Å². The van der Waals surface area contributed by atoms with Crippen molar-refractivity contribution < 1.29 is 0 Å². The number of terminal acetylenes is 2. The molecule has 0 aromatic heterocycles. The average Bonchev–Trinajstić information content (AvgIpc) is 2.04. The predicted octanol–water partition coefficient (Wildman–Crippen LogP) is 1.60. The molecule has 0 saturated carbocycles. The fourth-order valence-corrected chi connectivity index (χ4v) is 0.478. The summed E-state index contributed by atoms with van der Waals surface area (Å²) in [5, 5.41) is 0. The van der Waals surface area contributed by atoms with Crippen LogP contribution in [-0.4, -0.2) is 0 Å². The fraction of sp³-hybridized carbons (Fsp3) is 0.167. The maximum atomic E-state index is 4.97. The van der Waals surface area contributed by atoms with E-state index in [4.69, 9.17) is 12.8 Å². The molecule has 56 valence electrons. The van der Waals surface area contributed by atoms with Gasteiger partial charge in [0.15, 0.2) is 0 Å². The van der Waals surface area contributed by atoms with Gasteiger partial charge in [0.2, 0.25) is 0 Å². The Labute approximate surface area is 74.1 Å². The minimum Gasteiger partial charge on any atom is -0.106 e. The zero-order valence-electron chi connectivity index (χ0n) is 7.15. The summed E-state index contributed by atoms with van der Waals surface area (Å²) in [4.78, 5) is 0. The highest BCUT2D eigenvalue weighted by atomic mass is 13.9. The Morgan fingerprint density at radius 1 is 0.917 bits per heavy atom. The fourth-order valence-electron chi connectivity index (χ4n) is 0.478. The van der Waals surface area contributed by atoms with Crippen LogP contribution in [0.3, 0.4) is 0 Å². The third-order valence-corrected chi connectivity index (χ3v) is 1.02. The Bertz CT molecular complexity index is 346. The van der Waals surface area contributed by atoms with Crippen molar-refractivity contribution in [2.75, 3.05) is 0 Å². The van der Waals surface area contributed by atoms with Gasteiger partial charge < -0.3 is 0 Å². The zero-order chi connectivity index (χ0) is 9.40. The number of hydrogen-bond acceptors (Lipinski definition) is 0. The van der Waals surface area contributed by atoms with E-state index >= 15 is 0 Å². The van der Waals surface area contributed by atoms with Crippen molar-refractivity contribution in [1.29, 1.82) is 0 Å². The van der Waals surface area contributed by atoms with Gasteiger partial charge in [-0.1, -0.05) is 5.57 Å². The zero-order valence-corrected chi connectivity index (χ0v) is 7.15. The monoisotopic (exact) mass is 152 g/mol. The molecule has 0 aliphatic heterocycles. The molecule has 0 heterocycles. The number of hydrogen-bond donors (Lipinski definition) is 0. The van der Waals surface area contributed by atoms with Crippen molar-refractivity contribution in [1.82, 2.24) is 0 Å². The highest BCUT2D eigenvalue weighted by Crippen LogP contribution is 1.98. The Balaban J connectivity index is 4.90. The Hall–Kier alpha value is -2.02. The van der Waals surface area contributed by atoms with Crippen LogP contribution >= 0.6 is 0 Å². The molecule has 0 nitrogen and oxygen atoms in total. The van der Waals surface area contributed by atoms with Crippen LogP contribution in [0.4, 0.5) is 0 Å². The van der Waals surface area contributed by atoms with Crippen LogP contribution in [0.25, 0.3) is 0 Å². The van der Waals surface area contributed by atoms with Crippen molar-refractivity contribution >= 4 is 0 Å². The van der Waals surface area contributed by atoms with E-state index in [9.17, 15) is 0 Å². The summed E-state index contributed by atoms with van der Waals surface area (Å²) in [6, 6.07) is 0. The Morgan fingerprint density at radius 3 is 1.58 bits per heavy atom. The van der Waals surface area contributed by atoms with Crippen molar-refractivity contribution in [2.45, 2.75) is 13.8 Å². The molecule has 0 unspecified atom stereocenters. The van der Waals surface area contributed by atoms with Gasteiger partial charge in [0, 0.05) is 0 Å². The molecular weight excluding hydrogens is 144 g/mol. The molecule has 0 rings (SSSR count). The predicted molar refractivity (Wildman–Crippen MR) is 51.6 cm³/mol. The average molecular weight is 152 g/mol. The van der Waals surface area contributed by atoms with E-state index in [1.807, 2.05) is 13.8 Å². The molecule has 0 spiro atoms. The van der Waals surface area contributed by atoms with Gasteiger partial charge in [-0.25, -0.2) is 0 Å². The van der Waals surface area contributed by atoms with E-state index in [2.05, 4.69) is 35.5 Å². The summed E-state index contributed by atoms with van der Waals surface area (Å²) in [5.74, 6) is 14.9. The summed E-state index contributed by atoms with van der Waals surface area (Å²) >= 11 is 0. The van der Waals surface area contributed by atoms with E-state index in [-0.39, 0.29) is 0 Å². The van der Waals surface area contributed by atoms with Gasteiger partial charge in [0.05, 0.1) is 5.57 Å².